The zero-order valence-electron chi connectivity index (χ0n) is 16.2. The summed E-state index contributed by atoms with van der Waals surface area (Å²) in [6.45, 7) is 6.32. The number of hydrogen-bond acceptors (Lipinski definition) is 1. The van der Waals surface area contributed by atoms with E-state index in [1.165, 1.54) is 24.3 Å². The van der Waals surface area contributed by atoms with Gasteiger partial charge in [-0.25, -0.2) is 8.78 Å². The molecule has 0 bridgehead atoms. The molecule has 3 aromatic carbocycles. The van der Waals surface area contributed by atoms with Gasteiger partial charge in [0.1, 0.15) is 24.0 Å². The molecule has 2 nitrogen and oxygen atoms in total. The van der Waals surface area contributed by atoms with Crippen LogP contribution < -0.4 is 4.74 Å². The van der Waals surface area contributed by atoms with Gasteiger partial charge in [-0.15, -0.1) is 0 Å². The van der Waals surface area contributed by atoms with Gasteiger partial charge in [-0.05, 0) is 48.4 Å². The molecule has 0 N–H and O–H groups in total. The number of hydrogen-bond donors (Lipinski definition) is 0. The minimum Gasteiger partial charge on any atom is -0.488 e. The minimum absolute atomic E-state index is 0.306. The number of fused-ring (bicyclic) bond motifs is 1. The molecule has 144 valence electrons. The molecule has 0 fully saturated rings. The predicted molar refractivity (Wildman–Crippen MR) is 110 cm³/mol. The van der Waals surface area contributed by atoms with Gasteiger partial charge in [-0.2, -0.15) is 0 Å². The molecule has 0 aliphatic heterocycles. The van der Waals surface area contributed by atoms with Crippen molar-refractivity contribution in [1.29, 1.82) is 0 Å². The van der Waals surface area contributed by atoms with Crippen molar-refractivity contribution in [2.45, 2.75) is 27.4 Å². The van der Waals surface area contributed by atoms with E-state index in [1.54, 1.807) is 12.1 Å². The van der Waals surface area contributed by atoms with Crippen molar-refractivity contribution in [3.05, 3.63) is 95.7 Å². The molecule has 4 heteroatoms. The molecule has 0 amide bonds. The smallest absolute Gasteiger partial charge is 0.132 e. The van der Waals surface area contributed by atoms with Gasteiger partial charge in [-0.1, -0.05) is 44.2 Å². The summed E-state index contributed by atoms with van der Waals surface area (Å²) in [7, 11) is 0. The number of aryl methyl sites for hydroxylation is 1. The Labute approximate surface area is 164 Å². The van der Waals surface area contributed by atoms with E-state index in [0.717, 1.165) is 22.2 Å². The highest BCUT2D eigenvalue weighted by Gasteiger charge is 2.14. The summed E-state index contributed by atoms with van der Waals surface area (Å²) in [6, 6.07) is 18.8. The highest BCUT2D eigenvalue weighted by molar-refractivity contribution is 5.91. The molecule has 4 aromatic rings. The Hall–Kier alpha value is -3.14. The van der Waals surface area contributed by atoms with Crippen molar-refractivity contribution in [2.24, 2.45) is 0 Å². The Kier molecular flexibility index (Phi) is 6.09. The number of rotatable bonds is 4. The number of aromatic nitrogens is 1. The van der Waals surface area contributed by atoms with Crippen LogP contribution in [0.5, 0.6) is 5.75 Å². The fourth-order valence-electron chi connectivity index (χ4n) is 3.15. The van der Waals surface area contributed by atoms with Crippen LogP contribution in [0.4, 0.5) is 8.78 Å². The molecular formula is C24H23F2NO. The van der Waals surface area contributed by atoms with Gasteiger partial charge in [0.25, 0.3) is 0 Å². The maximum absolute atomic E-state index is 14.2. The van der Waals surface area contributed by atoms with Crippen molar-refractivity contribution in [3.8, 4) is 11.4 Å². The second-order valence-electron chi connectivity index (χ2n) is 6.23. The molecule has 0 saturated heterocycles. The second kappa shape index (κ2) is 8.70. The third kappa shape index (κ3) is 4.06. The quantitative estimate of drug-likeness (QED) is 0.379. The molecule has 0 saturated carbocycles. The van der Waals surface area contributed by atoms with Crippen LogP contribution in [0.1, 0.15) is 25.0 Å². The molecule has 0 radical (unpaired) electrons. The molecule has 1 heterocycles. The summed E-state index contributed by atoms with van der Waals surface area (Å²) in [4.78, 5) is 0. The summed E-state index contributed by atoms with van der Waals surface area (Å²) < 4.78 is 35.2. The lowest BCUT2D eigenvalue weighted by Crippen LogP contribution is -1.97. The first-order valence-corrected chi connectivity index (χ1v) is 9.36. The van der Waals surface area contributed by atoms with Crippen molar-refractivity contribution < 1.29 is 13.5 Å². The Balaban J connectivity index is 0.00000109. The Morgan fingerprint density at radius 1 is 0.857 bits per heavy atom. The standard InChI is InChI=1S/C22H17F2NO.C2H6/c1-15-13-25(19-9-7-17(23)8-10-19)20-11-18(24)12-21(22(15)20)26-14-16-5-3-2-4-6-16;1-2/h2-13H,14H2,1H3;1-2H3. The molecule has 4 rings (SSSR count). The third-order valence-corrected chi connectivity index (χ3v) is 4.36. The fourth-order valence-corrected chi connectivity index (χ4v) is 3.15. The molecule has 0 atom stereocenters. The van der Waals surface area contributed by atoms with Crippen LogP contribution in [-0.2, 0) is 6.61 Å². The zero-order chi connectivity index (χ0) is 20.1. The second-order valence-corrected chi connectivity index (χ2v) is 6.23. The van der Waals surface area contributed by atoms with Crippen LogP contribution >= 0.6 is 0 Å². The number of nitrogens with zero attached hydrogens (tertiary/aromatic N) is 1. The van der Waals surface area contributed by atoms with E-state index in [9.17, 15) is 8.78 Å². The molecular weight excluding hydrogens is 356 g/mol. The first kappa shape index (κ1) is 19.6. The van der Waals surface area contributed by atoms with Crippen molar-refractivity contribution in [1.82, 2.24) is 4.57 Å². The number of halogens is 2. The lowest BCUT2D eigenvalue weighted by atomic mass is 10.1. The van der Waals surface area contributed by atoms with E-state index in [2.05, 4.69) is 0 Å². The Morgan fingerprint density at radius 3 is 2.21 bits per heavy atom. The van der Waals surface area contributed by atoms with Gasteiger partial charge in [0, 0.05) is 23.3 Å². The van der Waals surface area contributed by atoms with Crippen molar-refractivity contribution in [2.75, 3.05) is 0 Å². The van der Waals surface area contributed by atoms with Gasteiger partial charge in [0.15, 0.2) is 0 Å². The van der Waals surface area contributed by atoms with Gasteiger partial charge in [-0.3, -0.25) is 0 Å². The van der Waals surface area contributed by atoms with Crippen molar-refractivity contribution >= 4 is 10.9 Å². The zero-order valence-corrected chi connectivity index (χ0v) is 16.2. The highest BCUT2D eigenvalue weighted by Crippen LogP contribution is 2.34. The van der Waals surface area contributed by atoms with E-state index in [4.69, 9.17) is 4.74 Å². The Bertz CT molecular complexity index is 1050. The number of benzene rings is 3. The summed E-state index contributed by atoms with van der Waals surface area (Å²) in [5, 5.41) is 0.853. The van der Waals surface area contributed by atoms with E-state index in [-0.39, 0.29) is 11.6 Å². The first-order chi connectivity index (χ1) is 13.6. The number of ether oxygens (including phenoxy) is 1. The SMILES string of the molecule is CC.Cc1cn(-c2ccc(F)cc2)c2cc(F)cc(OCc3ccccc3)c12. The maximum Gasteiger partial charge on any atom is 0.132 e. The average Bonchev–Trinajstić information content (AvgIpc) is 3.05. The lowest BCUT2D eigenvalue weighted by Gasteiger charge is -2.10. The highest BCUT2D eigenvalue weighted by atomic mass is 19.1. The van der Waals surface area contributed by atoms with Gasteiger partial charge < -0.3 is 9.30 Å². The average molecular weight is 379 g/mol. The monoisotopic (exact) mass is 379 g/mol. The van der Waals surface area contributed by atoms with Crippen LogP contribution in [0.3, 0.4) is 0 Å². The lowest BCUT2D eigenvalue weighted by molar-refractivity contribution is 0.308. The molecule has 1 aromatic heterocycles. The van der Waals surface area contributed by atoms with Gasteiger partial charge in [0.2, 0.25) is 0 Å². The van der Waals surface area contributed by atoms with Crippen molar-refractivity contribution in [3.63, 3.8) is 0 Å². The predicted octanol–water partition coefficient (Wildman–Crippen LogP) is 6.82. The molecule has 0 spiro atoms. The van der Waals surface area contributed by atoms with E-state index < -0.39 is 0 Å². The summed E-state index contributed by atoms with van der Waals surface area (Å²) in [5.74, 6) is -0.177. The minimum atomic E-state index is -0.373. The molecule has 0 aliphatic rings. The third-order valence-electron chi connectivity index (χ3n) is 4.36. The van der Waals surface area contributed by atoms with Gasteiger partial charge >= 0.3 is 0 Å². The molecule has 28 heavy (non-hydrogen) atoms. The summed E-state index contributed by atoms with van der Waals surface area (Å²) >= 11 is 0. The summed E-state index contributed by atoms with van der Waals surface area (Å²) in [6.07, 6.45) is 1.91. The fraction of sp³-hybridized carbons (Fsp3) is 0.167. The first-order valence-electron chi connectivity index (χ1n) is 9.36. The molecule has 0 aliphatic carbocycles. The normalized spacial score (nSPS) is 10.5. The van der Waals surface area contributed by atoms with E-state index in [0.29, 0.717) is 17.9 Å². The van der Waals surface area contributed by atoms with Crippen LogP contribution in [0.25, 0.3) is 16.6 Å². The Morgan fingerprint density at radius 2 is 1.54 bits per heavy atom. The maximum atomic E-state index is 14.2. The van der Waals surface area contributed by atoms with Crippen LogP contribution in [0.2, 0.25) is 0 Å². The molecule has 0 unspecified atom stereocenters. The largest absolute Gasteiger partial charge is 0.488 e. The van der Waals surface area contributed by atoms with Crippen LogP contribution in [-0.4, -0.2) is 4.57 Å². The van der Waals surface area contributed by atoms with Gasteiger partial charge in [0.05, 0.1) is 5.52 Å². The van der Waals surface area contributed by atoms with Crippen LogP contribution in [0, 0.1) is 18.6 Å². The van der Waals surface area contributed by atoms with E-state index >= 15 is 0 Å². The topological polar surface area (TPSA) is 14.2 Å². The van der Waals surface area contributed by atoms with E-state index in [1.807, 2.05) is 61.9 Å². The van der Waals surface area contributed by atoms with Crippen LogP contribution in [0.15, 0.2) is 72.9 Å². The summed E-state index contributed by atoms with van der Waals surface area (Å²) in [5.41, 5.74) is 3.44.